The lowest BCUT2D eigenvalue weighted by Crippen LogP contribution is -2.32. The molecule has 1 nitrogen and oxygen atoms in total. The van der Waals surface area contributed by atoms with Gasteiger partial charge in [-0.25, -0.2) is 0 Å². The van der Waals surface area contributed by atoms with Crippen molar-refractivity contribution in [3.63, 3.8) is 0 Å². The predicted molar refractivity (Wildman–Crippen MR) is 77.9 cm³/mol. The van der Waals surface area contributed by atoms with Gasteiger partial charge in [0.15, 0.2) is 0 Å². The molecule has 0 spiro atoms. The SMILES string of the molecule is CCc1ccc(CC2(OC)C=CC(Br)=CC2)s1. The number of methoxy groups -OCH3 is 1. The molecule has 1 unspecified atom stereocenters. The Labute approximate surface area is 115 Å². The van der Waals surface area contributed by atoms with E-state index in [4.69, 9.17) is 4.74 Å². The minimum atomic E-state index is -0.160. The van der Waals surface area contributed by atoms with Crippen molar-refractivity contribution >= 4 is 27.3 Å². The number of ether oxygens (including phenoxy) is 1. The minimum absolute atomic E-state index is 0.160. The summed E-state index contributed by atoms with van der Waals surface area (Å²) in [5.41, 5.74) is -0.160. The number of thiophene rings is 1. The van der Waals surface area contributed by atoms with Crippen LogP contribution in [0, 0.1) is 0 Å². The van der Waals surface area contributed by atoms with Crippen LogP contribution in [0.1, 0.15) is 23.1 Å². The molecule has 0 bridgehead atoms. The zero-order chi connectivity index (χ0) is 12.3. The van der Waals surface area contributed by atoms with Crippen LogP contribution >= 0.6 is 27.3 Å². The summed E-state index contributed by atoms with van der Waals surface area (Å²) in [5.74, 6) is 0. The van der Waals surface area contributed by atoms with Crippen LogP contribution in [-0.2, 0) is 17.6 Å². The molecule has 0 amide bonds. The maximum atomic E-state index is 5.73. The van der Waals surface area contributed by atoms with E-state index in [0.29, 0.717) is 0 Å². The first-order valence-corrected chi connectivity index (χ1v) is 7.46. The van der Waals surface area contributed by atoms with E-state index in [9.17, 15) is 0 Å². The van der Waals surface area contributed by atoms with Crippen molar-refractivity contribution in [3.05, 3.63) is 44.6 Å². The van der Waals surface area contributed by atoms with Gasteiger partial charge in [-0.1, -0.05) is 35.0 Å². The lowest BCUT2D eigenvalue weighted by atomic mass is 9.91. The number of allylic oxidation sites excluding steroid dienone is 2. The third-order valence-corrected chi connectivity index (χ3v) is 4.95. The molecule has 2 rings (SSSR count). The average molecular weight is 313 g/mol. The Balaban J connectivity index is 2.13. The second kappa shape index (κ2) is 5.51. The van der Waals surface area contributed by atoms with Crippen molar-refractivity contribution in [3.8, 4) is 0 Å². The van der Waals surface area contributed by atoms with Crippen molar-refractivity contribution in [2.75, 3.05) is 7.11 Å². The molecular weight excluding hydrogens is 296 g/mol. The Morgan fingerprint density at radius 3 is 2.71 bits per heavy atom. The third kappa shape index (κ3) is 3.09. The van der Waals surface area contributed by atoms with Gasteiger partial charge in [0.25, 0.3) is 0 Å². The first-order chi connectivity index (χ1) is 8.17. The van der Waals surface area contributed by atoms with E-state index >= 15 is 0 Å². The average Bonchev–Trinajstić information content (AvgIpc) is 2.80. The Kier molecular flexibility index (Phi) is 4.23. The molecule has 0 saturated heterocycles. The van der Waals surface area contributed by atoms with Crippen LogP contribution in [0.3, 0.4) is 0 Å². The van der Waals surface area contributed by atoms with Crippen LogP contribution in [-0.4, -0.2) is 12.7 Å². The van der Waals surface area contributed by atoms with Gasteiger partial charge in [-0.15, -0.1) is 11.3 Å². The van der Waals surface area contributed by atoms with Crippen LogP contribution in [0.15, 0.2) is 34.8 Å². The van der Waals surface area contributed by atoms with Crippen LogP contribution in [0.2, 0.25) is 0 Å². The zero-order valence-corrected chi connectivity index (χ0v) is 12.6. The molecule has 3 heteroatoms. The highest BCUT2D eigenvalue weighted by atomic mass is 79.9. The van der Waals surface area contributed by atoms with Crippen LogP contribution in [0.25, 0.3) is 0 Å². The Morgan fingerprint density at radius 2 is 2.18 bits per heavy atom. The maximum Gasteiger partial charge on any atom is 0.0944 e. The van der Waals surface area contributed by atoms with E-state index < -0.39 is 0 Å². The van der Waals surface area contributed by atoms with Crippen molar-refractivity contribution in [2.24, 2.45) is 0 Å². The minimum Gasteiger partial charge on any atom is -0.373 e. The third-order valence-electron chi connectivity index (χ3n) is 3.13. The molecule has 0 fully saturated rings. The quantitative estimate of drug-likeness (QED) is 0.796. The first-order valence-electron chi connectivity index (χ1n) is 5.85. The number of hydrogen-bond donors (Lipinski definition) is 0. The Bertz CT molecular complexity index is 447. The fourth-order valence-corrected chi connectivity index (χ4v) is 3.36. The summed E-state index contributed by atoms with van der Waals surface area (Å²) in [4.78, 5) is 2.85. The molecule has 1 aliphatic carbocycles. The molecular formula is C14H17BrOS. The topological polar surface area (TPSA) is 9.23 Å². The highest BCUT2D eigenvalue weighted by Crippen LogP contribution is 2.32. The number of rotatable bonds is 4. The van der Waals surface area contributed by atoms with Gasteiger partial charge in [-0.3, -0.25) is 0 Å². The summed E-state index contributed by atoms with van der Waals surface area (Å²) in [5, 5.41) is 0. The molecule has 0 radical (unpaired) electrons. The molecule has 1 aromatic heterocycles. The molecule has 1 heterocycles. The molecule has 0 aliphatic heterocycles. The number of aryl methyl sites for hydroxylation is 1. The fraction of sp³-hybridized carbons (Fsp3) is 0.429. The van der Waals surface area contributed by atoms with E-state index in [1.54, 1.807) is 7.11 Å². The molecule has 17 heavy (non-hydrogen) atoms. The molecule has 0 aromatic carbocycles. The Hall–Kier alpha value is -0.380. The van der Waals surface area contributed by atoms with Crippen LogP contribution in [0.5, 0.6) is 0 Å². The van der Waals surface area contributed by atoms with Crippen LogP contribution < -0.4 is 0 Å². The van der Waals surface area contributed by atoms with Gasteiger partial charge in [0.05, 0.1) is 5.60 Å². The molecule has 1 aliphatic rings. The fourth-order valence-electron chi connectivity index (χ4n) is 1.99. The second-order valence-electron chi connectivity index (χ2n) is 4.29. The van der Waals surface area contributed by atoms with Crippen molar-refractivity contribution in [1.29, 1.82) is 0 Å². The van der Waals surface area contributed by atoms with E-state index in [-0.39, 0.29) is 5.60 Å². The van der Waals surface area contributed by atoms with E-state index in [1.807, 2.05) is 11.3 Å². The maximum absolute atomic E-state index is 5.73. The van der Waals surface area contributed by atoms with Crippen molar-refractivity contribution < 1.29 is 4.74 Å². The Morgan fingerprint density at radius 1 is 1.41 bits per heavy atom. The summed E-state index contributed by atoms with van der Waals surface area (Å²) >= 11 is 5.39. The molecule has 1 aromatic rings. The van der Waals surface area contributed by atoms with Gasteiger partial charge in [-0.05, 0) is 31.1 Å². The smallest absolute Gasteiger partial charge is 0.0944 e. The summed E-state index contributed by atoms with van der Waals surface area (Å²) < 4.78 is 6.87. The predicted octanol–water partition coefficient (Wildman–Crippen LogP) is 4.48. The summed E-state index contributed by atoms with van der Waals surface area (Å²) in [6.45, 7) is 2.20. The molecule has 0 saturated carbocycles. The summed E-state index contributed by atoms with van der Waals surface area (Å²) in [7, 11) is 1.80. The van der Waals surface area contributed by atoms with Gasteiger partial charge in [-0.2, -0.15) is 0 Å². The molecule has 1 atom stereocenters. The molecule has 0 N–H and O–H groups in total. The van der Waals surface area contributed by atoms with Gasteiger partial charge in [0.2, 0.25) is 0 Å². The van der Waals surface area contributed by atoms with Crippen molar-refractivity contribution in [1.82, 2.24) is 0 Å². The normalized spacial score (nSPS) is 23.8. The van der Waals surface area contributed by atoms with Crippen LogP contribution in [0.4, 0.5) is 0 Å². The van der Waals surface area contributed by atoms with Gasteiger partial charge in [0.1, 0.15) is 0 Å². The van der Waals surface area contributed by atoms with Crippen molar-refractivity contribution in [2.45, 2.75) is 31.8 Å². The van der Waals surface area contributed by atoms with E-state index in [2.05, 4.69) is 53.2 Å². The number of hydrogen-bond acceptors (Lipinski definition) is 2. The highest BCUT2D eigenvalue weighted by molar-refractivity contribution is 9.11. The largest absolute Gasteiger partial charge is 0.373 e. The van der Waals surface area contributed by atoms with E-state index in [1.165, 1.54) is 9.75 Å². The summed E-state index contributed by atoms with van der Waals surface area (Å²) in [6, 6.07) is 4.45. The summed E-state index contributed by atoms with van der Waals surface area (Å²) in [6.07, 6.45) is 9.44. The first kappa shape index (κ1) is 13.1. The lowest BCUT2D eigenvalue weighted by molar-refractivity contribution is 0.0348. The van der Waals surface area contributed by atoms with Gasteiger partial charge < -0.3 is 4.74 Å². The second-order valence-corrected chi connectivity index (χ2v) is 6.46. The zero-order valence-electron chi connectivity index (χ0n) is 10.2. The molecule has 92 valence electrons. The monoisotopic (exact) mass is 312 g/mol. The standard InChI is InChI=1S/C14H17BrOS/c1-3-12-4-5-13(17-12)10-14(16-2)8-6-11(15)7-9-14/h4-8H,3,9-10H2,1-2H3. The van der Waals surface area contributed by atoms with Gasteiger partial charge in [0, 0.05) is 27.8 Å². The van der Waals surface area contributed by atoms with E-state index in [0.717, 1.165) is 23.7 Å². The van der Waals surface area contributed by atoms with Gasteiger partial charge >= 0.3 is 0 Å². The lowest BCUT2D eigenvalue weighted by Gasteiger charge is -2.30. The highest BCUT2D eigenvalue weighted by Gasteiger charge is 2.28. The number of halogens is 1.